The van der Waals surface area contributed by atoms with Crippen molar-refractivity contribution in [2.75, 3.05) is 18.0 Å². The molecule has 0 amide bonds. The van der Waals surface area contributed by atoms with E-state index in [0.717, 1.165) is 23.7 Å². The first-order chi connectivity index (χ1) is 8.26. The Labute approximate surface area is 107 Å². The van der Waals surface area contributed by atoms with Gasteiger partial charge in [0.15, 0.2) is 0 Å². The van der Waals surface area contributed by atoms with Crippen molar-refractivity contribution in [1.29, 1.82) is 0 Å². The molecular weight excluding hydrogens is 234 g/mol. The fourth-order valence-electron chi connectivity index (χ4n) is 2.00. The number of para-hydroxylation sites is 1. The Morgan fingerprint density at radius 3 is 2.82 bits per heavy atom. The lowest BCUT2D eigenvalue weighted by molar-refractivity contribution is 0.282. The lowest BCUT2D eigenvalue weighted by Gasteiger charge is -2.25. The molecule has 1 N–H and O–H groups in total. The first kappa shape index (κ1) is 12.3. The fourth-order valence-corrected chi connectivity index (χ4v) is 2.31. The largest absolute Gasteiger partial charge is 0.392 e. The molecule has 1 fully saturated rings. The van der Waals surface area contributed by atoms with Gasteiger partial charge in [-0.15, -0.1) is 6.42 Å². The van der Waals surface area contributed by atoms with Crippen LogP contribution in [0.15, 0.2) is 18.2 Å². The first-order valence-corrected chi connectivity index (χ1v) is 6.20. The Hall–Kier alpha value is -1.17. The zero-order valence-electron chi connectivity index (χ0n) is 9.69. The Bertz CT molecular complexity index is 434. The zero-order valence-corrected chi connectivity index (χ0v) is 10.5. The van der Waals surface area contributed by atoms with E-state index in [2.05, 4.69) is 10.8 Å². The zero-order chi connectivity index (χ0) is 12.3. The van der Waals surface area contributed by atoms with Crippen LogP contribution in [0, 0.1) is 18.3 Å². The number of hydrogen-bond acceptors (Lipinski definition) is 2. The molecule has 0 unspecified atom stereocenters. The molecule has 0 saturated heterocycles. The third-order valence-electron chi connectivity index (χ3n) is 3.01. The van der Waals surface area contributed by atoms with Crippen LogP contribution in [0.3, 0.4) is 0 Å². The van der Waals surface area contributed by atoms with Crippen molar-refractivity contribution in [3.63, 3.8) is 0 Å². The van der Waals surface area contributed by atoms with Gasteiger partial charge in [-0.25, -0.2) is 0 Å². The molecule has 0 bridgehead atoms. The molecule has 0 radical (unpaired) electrons. The summed E-state index contributed by atoms with van der Waals surface area (Å²) in [6, 6.07) is 5.58. The fraction of sp³-hybridized carbons (Fsp3) is 0.429. The van der Waals surface area contributed by atoms with E-state index in [-0.39, 0.29) is 6.61 Å². The van der Waals surface area contributed by atoms with Gasteiger partial charge in [0, 0.05) is 12.1 Å². The Kier molecular flexibility index (Phi) is 3.93. The molecule has 1 saturated carbocycles. The number of rotatable bonds is 5. The van der Waals surface area contributed by atoms with Crippen LogP contribution in [0.25, 0.3) is 0 Å². The summed E-state index contributed by atoms with van der Waals surface area (Å²) in [5.74, 6) is 3.39. The highest BCUT2D eigenvalue weighted by molar-refractivity contribution is 6.33. The van der Waals surface area contributed by atoms with Crippen LogP contribution in [0.5, 0.6) is 0 Å². The second-order valence-electron chi connectivity index (χ2n) is 4.43. The maximum atomic E-state index is 9.37. The highest BCUT2D eigenvalue weighted by Gasteiger charge is 2.25. The van der Waals surface area contributed by atoms with Crippen LogP contribution in [-0.4, -0.2) is 18.2 Å². The van der Waals surface area contributed by atoms with Crippen LogP contribution < -0.4 is 4.90 Å². The minimum absolute atomic E-state index is 0.0123. The van der Waals surface area contributed by atoms with E-state index in [1.807, 2.05) is 18.2 Å². The van der Waals surface area contributed by atoms with Crippen LogP contribution in [0.4, 0.5) is 5.69 Å². The van der Waals surface area contributed by atoms with E-state index < -0.39 is 0 Å². The van der Waals surface area contributed by atoms with Gasteiger partial charge in [-0.05, 0) is 24.8 Å². The van der Waals surface area contributed by atoms with E-state index in [4.69, 9.17) is 18.0 Å². The molecule has 3 heteroatoms. The number of halogens is 1. The predicted octanol–water partition coefficient (Wildman–Crippen LogP) is 2.68. The highest BCUT2D eigenvalue weighted by Crippen LogP contribution is 2.35. The summed E-state index contributed by atoms with van der Waals surface area (Å²) in [5.41, 5.74) is 1.73. The topological polar surface area (TPSA) is 23.5 Å². The molecular formula is C14H16ClNO. The molecule has 90 valence electrons. The molecule has 2 nitrogen and oxygen atoms in total. The lowest BCUT2D eigenvalue weighted by Crippen LogP contribution is -2.27. The van der Waals surface area contributed by atoms with Gasteiger partial charge in [0.25, 0.3) is 0 Å². The van der Waals surface area contributed by atoms with E-state index in [9.17, 15) is 5.11 Å². The number of aliphatic hydroxyl groups is 1. The van der Waals surface area contributed by atoms with Crippen molar-refractivity contribution in [1.82, 2.24) is 0 Å². The minimum atomic E-state index is -0.0123. The summed E-state index contributed by atoms with van der Waals surface area (Å²) in [4.78, 5) is 2.10. The first-order valence-electron chi connectivity index (χ1n) is 5.83. The monoisotopic (exact) mass is 249 g/mol. The van der Waals surface area contributed by atoms with Crippen molar-refractivity contribution in [2.45, 2.75) is 19.4 Å². The van der Waals surface area contributed by atoms with Crippen molar-refractivity contribution in [2.24, 2.45) is 5.92 Å². The molecule has 0 heterocycles. The van der Waals surface area contributed by atoms with Crippen LogP contribution in [0.1, 0.15) is 18.4 Å². The van der Waals surface area contributed by atoms with Gasteiger partial charge < -0.3 is 10.0 Å². The Morgan fingerprint density at radius 1 is 1.47 bits per heavy atom. The number of aliphatic hydroxyl groups excluding tert-OH is 1. The smallest absolute Gasteiger partial charge is 0.0792 e. The standard InChI is InChI=1S/C14H16ClNO/c1-2-8-16(9-11-6-7-11)14-12(10-17)4-3-5-13(14)15/h1,3-5,11,17H,6-10H2. The van der Waals surface area contributed by atoms with E-state index in [1.165, 1.54) is 12.8 Å². The average molecular weight is 250 g/mol. The van der Waals surface area contributed by atoms with Gasteiger partial charge >= 0.3 is 0 Å². The van der Waals surface area contributed by atoms with Crippen LogP contribution >= 0.6 is 11.6 Å². The second-order valence-corrected chi connectivity index (χ2v) is 4.84. The molecule has 0 atom stereocenters. The average Bonchev–Trinajstić information content (AvgIpc) is 3.12. The van der Waals surface area contributed by atoms with Crippen molar-refractivity contribution >= 4 is 17.3 Å². The van der Waals surface area contributed by atoms with Gasteiger partial charge in [0.2, 0.25) is 0 Å². The molecule has 0 aliphatic heterocycles. The second kappa shape index (κ2) is 5.44. The molecule has 1 aliphatic rings. The van der Waals surface area contributed by atoms with Gasteiger partial charge in [0.05, 0.1) is 23.9 Å². The van der Waals surface area contributed by atoms with Gasteiger partial charge in [-0.3, -0.25) is 0 Å². The molecule has 1 aromatic rings. The van der Waals surface area contributed by atoms with E-state index >= 15 is 0 Å². The molecule has 0 aromatic heterocycles. The summed E-state index contributed by atoms with van der Waals surface area (Å²) in [6.45, 7) is 1.45. The van der Waals surface area contributed by atoms with E-state index in [0.29, 0.717) is 11.6 Å². The third-order valence-corrected chi connectivity index (χ3v) is 3.32. The predicted molar refractivity (Wildman–Crippen MR) is 71.1 cm³/mol. The summed E-state index contributed by atoms with van der Waals surface area (Å²) in [7, 11) is 0. The van der Waals surface area contributed by atoms with Crippen LogP contribution in [0.2, 0.25) is 5.02 Å². The van der Waals surface area contributed by atoms with Crippen LogP contribution in [-0.2, 0) is 6.61 Å². The normalized spacial score (nSPS) is 14.4. The molecule has 2 rings (SSSR count). The third kappa shape index (κ3) is 2.94. The van der Waals surface area contributed by atoms with Crippen molar-refractivity contribution in [3.8, 4) is 12.3 Å². The number of anilines is 1. The highest BCUT2D eigenvalue weighted by atomic mass is 35.5. The Balaban J connectivity index is 2.29. The number of benzene rings is 1. The number of terminal acetylenes is 1. The van der Waals surface area contributed by atoms with E-state index in [1.54, 1.807) is 0 Å². The molecule has 17 heavy (non-hydrogen) atoms. The quantitative estimate of drug-likeness (QED) is 0.811. The lowest BCUT2D eigenvalue weighted by atomic mass is 10.1. The summed E-state index contributed by atoms with van der Waals surface area (Å²) in [6.07, 6.45) is 7.93. The molecule has 0 spiro atoms. The van der Waals surface area contributed by atoms with Crippen molar-refractivity contribution in [3.05, 3.63) is 28.8 Å². The van der Waals surface area contributed by atoms with Crippen molar-refractivity contribution < 1.29 is 5.11 Å². The van der Waals surface area contributed by atoms with Gasteiger partial charge in [0.1, 0.15) is 0 Å². The van der Waals surface area contributed by atoms with Gasteiger partial charge in [-0.2, -0.15) is 0 Å². The number of hydrogen-bond donors (Lipinski definition) is 1. The maximum absolute atomic E-state index is 9.37. The maximum Gasteiger partial charge on any atom is 0.0792 e. The van der Waals surface area contributed by atoms with Gasteiger partial charge in [-0.1, -0.05) is 29.7 Å². The Morgan fingerprint density at radius 2 is 2.24 bits per heavy atom. The number of nitrogens with zero attached hydrogens (tertiary/aromatic N) is 1. The summed E-state index contributed by atoms with van der Waals surface area (Å²) < 4.78 is 0. The molecule has 1 aliphatic carbocycles. The summed E-state index contributed by atoms with van der Waals surface area (Å²) >= 11 is 6.22. The SMILES string of the molecule is C#CCN(CC1CC1)c1c(Cl)cccc1CO. The molecule has 1 aromatic carbocycles. The minimum Gasteiger partial charge on any atom is -0.392 e. The summed E-state index contributed by atoms with van der Waals surface area (Å²) in [5, 5.41) is 10.0.